The van der Waals surface area contributed by atoms with Gasteiger partial charge in [0.2, 0.25) is 0 Å². The molecule has 110 valence electrons. The fraction of sp³-hybridized carbons (Fsp3) is 0.200. The molecule has 0 spiro atoms. The van der Waals surface area contributed by atoms with Gasteiger partial charge in [-0.3, -0.25) is 0 Å². The summed E-state index contributed by atoms with van der Waals surface area (Å²) in [6, 6.07) is 7.39. The van der Waals surface area contributed by atoms with E-state index in [4.69, 9.17) is 10.8 Å². The zero-order valence-electron chi connectivity index (χ0n) is 11.6. The quantitative estimate of drug-likeness (QED) is 0.843. The number of hydrogen-bond acceptors (Lipinski definition) is 4. The lowest BCUT2D eigenvalue weighted by Gasteiger charge is -2.13. The maximum Gasteiger partial charge on any atom is 0.356 e. The van der Waals surface area contributed by atoms with Gasteiger partial charge in [0.1, 0.15) is 5.82 Å². The Bertz CT molecular complexity index is 672. The predicted molar refractivity (Wildman–Crippen MR) is 82.0 cm³/mol. The minimum atomic E-state index is -1.18. The molecule has 0 aliphatic rings. The first kappa shape index (κ1) is 15.3. The number of pyridine rings is 1. The third kappa shape index (κ3) is 3.52. The molecule has 6 heteroatoms. The summed E-state index contributed by atoms with van der Waals surface area (Å²) >= 11 is 1.53. The molecule has 1 heterocycles. The van der Waals surface area contributed by atoms with E-state index in [9.17, 15) is 9.18 Å². The topological polar surface area (TPSA) is 76.2 Å². The van der Waals surface area contributed by atoms with Crippen LogP contribution in [0.4, 0.5) is 10.1 Å². The van der Waals surface area contributed by atoms with Crippen LogP contribution in [0.1, 0.15) is 24.3 Å². The minimum Gasteiger partial charge on any atom is -0.476 e. The van der Waals surface area contributed by atoms with Crippen LogP contribution in [0.5, 0.6) is 0 Å². The number of carboxylic acid groups (broad SMARTS) is 1. The van der Waals surface area contributed by atoms with E-state index < -0.39 is 5.97 Å². The lowest BCUT2D eigenvalue weighted by atomic mass is 10.1. The van der Waals surface area contributed by atoms with Crippen molar-refractivity contribution in [2.45, 2.75) is 24.0 Å². The Kier molecular flexibility index (Phi) is 4.47. The van der Waals surface area contributed by atoms with Crippen LogP contribution in [0.25, 0.3) is 11.3 Å². The number of rotatable bonds is 4. The van der Waals surface area contributed by atoms with E-state index in [-0.39, 0.29) is 22.4 Å². The minimum absolute atomic E-state index is 0.122. The van der Waals surface area contributed by atoms with Gasteiger partial charge in [-0.1, -0.05) is 13.8 Å². The third-order valence-corrected chi connectivity index (χ3v) is 3.74. The molecular weight excluding hydrogens is 291 g/mol. The summed E-state index contributed by atoms with van der Waals surface area (Å²) < 4.78 is 13.0. The van der Waals surface area contributed by atoms with Crippen LogP contribution in [-0.2, 0) is 0 Å². The number of nitrogens with zero attached hydrogens (tertiary/aromatic N) is 1. The standard InChI is InChI=1S/C15H15FN2O2S/c1-8(2)21-12-7-11(17)14(15(19)20)18-13(12)9-3-5-10(16)6-4-9/h3-8H,17H2,1-2H3,(H,19,20). The number of aromatic nitrogens is 1. The van der Waals surface area contributed by atoms with Crippen molar-refractivity contribution in [1.82, 2.24) is 4.98 Å². The molecular formula is C15H15FN2O2S. The van der Waals surface area contributed by atoms with E-state index in [1.165, 1.54) is 23.9 Å². The Morgan fingerprint density at radius 1 is 1.33 bits per heavy atom. The molecule has 0 atom stereocenters. The van der Waals surface area contributed by atoms with Crippen LogP contribution >= 0.6 is 11.8 Å². The second kappa shape index (κ2) is 6.13. The molecule has 1 aromatic carbocycles. The number of anilines is 1. The van der Waals surface area contributed by atoms with Crippen molar-refractivity contribution in [2.24, 2.45) is 0 Å². The lowest BCUT2D eigenvalue weighted by Crippen LogP contribution is -2.08. The van der Waals surface area contributed by atoms with Gasteiger partial charge in [0, 0.05) is 15.7 Å². The smallest absolute Gasteiger partial charge is 0.356 e. The van der Waals surface area contributed by atoms with Crippen molar-refractivity contribution in [3.63, 3.8) is 0 Å². The molecule has 0 amide bonds. The number of hydrogen-bond donors (Lipinski definition) is 2. The molecule has 1 aromatic heterocycles. The van der Waals surface area contributed by atoms with Gasteiger partial charge in [-0.25, -0.2) is 14.2 Å². The van der Waals surface area contributed by atoms with Crippen molar-refractivity contribution in [3.05, 3.63) is 41.8 Å². The maximum atomic E-state index is 13.0. The Morgan fingerprint density at radius 3 is 2.48 bits per heavy atom. The fourth-order valence-corrected chi connectivity index (χ4v) is 2.82. The summed E-state index contributed by atoms with van der Waals surface area (Å²) in [6.45, 7) is 4.03. The number of halogens is 1. The van der Waals surface area contributed by atoms with E-state index in [0.717, 1.165) is 4.90 Å². The molecule has 2 aromatic rings. The van der Waals surface area contributed by atoms with E-state index >= 15 is 0 Å². The van der Waals surface area contributed by atoms with Gasteiger partial charge < -0.3 is 10.8 Å². The molecule has 21 heavy (non-hydrogen) atoms. The van der Waals surface area contributed by atoms with Gasteiger partial charge in [0.05, 0.1) is 11.4 Å². The van der Waals surface area contributed by atoms with Gasteiger partial charge in [0.15, 0.2) is 5.69 Å². The van der Waals surface area contributed by atoms with Crippen molar-refractivity contribution in [3.8, 4) is 11.3 Å². The summed E-state index contributed by atoms with van der Waals surface area (Å²) in [6.07, 6.45) is 0. The van der Waals surface area contributed by atoms with Crippen molar-refractivity contribution >= 4 is 23.4 Å². The first-order valence-corrected chi connectivity index (χ1v) is 7.23. The van der Waals surface area contributed by atoms with E-state index in [1.807, 2.05) is 13.8 Å². The Labute approximate surface area is 126 Å². The van der Waals surface area contributed by atoms with E-state index in [2.05, 4.69) is 4.98 Å². The molecule has 3 N–H and O–H groups in total. The molecule has 0 radical (unpaired) electrons. The number of carbonyl (C=O) groups is 1. The third-order valence-electron chi connectivity index (χ3n) is 2.70. The zero-order chi connectivity index (χ0) is 15.6. The number of aromatic carboxylic acids is 1. The molecule has 0 saturated heterocycles. The highest BCUT2D eigenvalue weighted by Crippen LogP contribution is 2.34. The number of thioether (sulfide) groups is 1. The van der Waals surface area contributed by atoms with Gasteiger partial charge in [-0.15, -0.1) is 11.8 Å². The van der Waals surface area contributed by atoms with Crippen LogP contribution in [0.3, 0.4) is 0 Å². The fourth-order valence-electron chi connectivity index (χ4n) is 1.84. The summed E-state index contributed by atoms with van der Waals surface area (Å²) in [7, 11) is 0. The van der Waals surface area contributed by atoms with Crippen LogP contribution < -0.4 is 5.73 Å². The Balaban J connectivity index is 2.61. The summed E-state index contributed by atoms with van der Waals surface area (Å²) in [5.74, 6) is -1.54. The molecule has 0 saturated carbocycles. The second-order valence-corrected chi connectivity index (χ2v) is 6.37. The largest absolute Gasteiger partial charge is 0.476 e. The first-order valence-electron chi connectivity index (χ1n) is 6.35. The zero-order valence-corrected chi connectivity index (χ0v) is 12.4. The van der Waals surface area contributed by atoms with Crippen LogP contribution in [0.15, 0.2) is 35.2 Å². The molecule has 0 unspecified atom stereocenters. The summed E-state index contributed by atoms with van der Waals surface area (Å²) in [5, 5.41) is 9.42. The van der Waals surface area contributed by atoms with Crippen LogP contribution in [0.2, 0.25) is 0 Å². The monoisotopic (exact) mass is 306 g/mol. The Morgan fingerprint density at radius 2 is 1.95 bits per heavy atom. The Hall–Kier alpha value is -2.08. The SMILES string of the molecule is CC(C)Sc1cc(N)c(C(=O)O)nc1-c1ccc(F)cc1. The highest BCUT2D eigenvalue weighted by atomic mass is 32.2. The van der Waals surface area contributed by atoms with Gasteiger partial charge in [-0.05, 0) is 30.3 Å². The molecule has 0 aliphatic heterocycles. The van der Waals surface area contributed by atoms with Gasteiger partial charge in [-0.2, -0.15) is 0 Å². The second-order valence-electron chi connectivity index (χ2n) is 4.75. The normalized spacial score (nSPS) is 10.9. The van der Waals surface area contributed by atoms with Crippen molar-refractivity contribution in [2.75, 3.05) is 5.73 Å². The molecule has 0 bridgehead atoms. The average Bonchev–Trinajstić information content (AvgIpc) is 2.39. The van der Waals surface area contributed by atoms with E-state index in [0.29, 0.717) is 11.3 Å². The average molecular weight is 306 g/mol. The lowest BCUT2D eigenvalue weighted by molar-refractivity contribution is 0.0692. The summed E-state index contributed by atoms with van der Waals surface area (Å²) in [5.41, 5.74) is 6.84. The predicted octanol–water partition coefficient (Wildman–Crippen LogP) is 3.67. The first-order chi connectivity index (χ1) is 9.88. The van der Waals surface area contributed by atoms with Crippen molar-refractivity contribution < 1.29 is 14.3 Å². The number of nitrogens with two attached hydrogens (primary N) is 1. The van der Waals surface area contributed by atoms with Gasteiger partial charge >= 0.3 is 5.97 Å². The van der Waals surface area contributed by atoms with Crippen LogP contribution in [-0.4, -0.2) is 21.3 Å². The van der Waals surface area contributed by atoms with Crippen LogP contribution in [0, 0.1) is 5.82 Å². The number of carboxylic acids is 1. The highest BCUT2D eigenvalue weighted by Gasteiger charge is 2.17. The highest BCUT2D eigenvalue weighted by molar-refractivity contribution is 8.00. The summed E-state index contributed by atoms with van der Waals surface area (Å²) in [4.78, 5) is 16.1. The van der Waals surface area contributed by atoms with Gasteiger partial charge in [0.25, 0.3) is 0 Å². The van der Waals surface area contributed by atoms with E-state index in [1.54, 1.807) is 18.2 Å². The number of benzene rings is 1. The molecule has 2 rings (SSSR count). The maximum absolute atomic E-state index is 13.0. The van der Waals surface area contributed by atoms with Crippen molar-refractivity contribution in [1.29, 1.82) is 0 Å². The molecule has 0 aliphatic carbocycles. The molecule has 0 fully saturated rings. The molecule has 4 nitrogen and oxygen atoms in total. The number of nitrogen functional groups attached to an aromatic ring is 1.